The van der Waals surface area contributed by atoms with Gasteiger partial charge in [0.1, 0.15) is 28.1 Å². The highest BCUT2D eigenvalue weighted by molar-refractivity contribution is 7.11. The number of alkyl halides is 3. The van der Waals surface area contributed by atoms with Crippen LogP contribution in [0.15, 0.2) is 48.7 Å². The average Bonchev–Trinajstić information content (AvgIpc) is 3.58. The fourth-order valence-electron chi connectivity index (χ4n) is 4.70. The van der Waals surface area contributed by atoms with E-state index in [1.807, 2.05) is 0 Å². The second-order valence-corrected chi connectivity index (χ2v) is 11.0. The maximum atomic E-state index is 15.4. The van der Waals surface area contributed by atoms with Gasteiger partial charge in [0.25, 0.3) is 0 Å². The highest BCUT2D eigenvalue weighted by atomic mass is 32.1. The largest absolute Gasteiger partial charge is 0.478 e. The molecular formula is C29H20F6N4O4S. The first-order chi connectivity index (χ1) is 21.0. The molecule has 5 aromatic rings. The number of rotatable bonds is 9. The SMILES string of the molecule is O=C(O)c1ccc2nc(Cc3c(F)cc(-c4cccc(OCc5ncc(C(F)(F)F)s5)n4)c(F)c3F)n(CC3CCO3)c2c1. The first-order valence-electron chi connectivity index (χ1n) is 13.1. The molecule has 228 valence electrons. The van der Waals surface area contributed by atoms with E-state index in [9.17, 15) is 23.1 Å². The predicted molar refractivity (Wildman–Crippen MR) is 145 cm³/mol. The number of hydrogen-bond donors (Lipinski definition) is 1. The number of pyridine rings is 1. The lowest BCUT2D eigenvalue weighted by atomic mass is 10.0. The smallest absolute Gasteiger partial charge is 0.427 e. The van der Waals surface area contributed by atoms with E-state index < -0.39 is 52.0 Å². The van der Waals surface area contributed by atoms with Crippen molar-refractivity contribution >= 4 is 28.3 Å². The minimum Gasteiger partial charge on any atom is -0.478 e. The lowest BCUT2D eigenvalue weighted by molar-refractivity contribution is -0.134. The van der Waals surface area contributed by atoms with Gasteiger partial charge >= 0.3 is 12.1 Å². The number of nitrogens with zero attached hydrogens (tertiary/aromatic N) is 4. The number of aromatic nitrogens is 4. The fraction of sp³-hybridized carbons (Fsp3) is 0.241. The van der Waals surface area contributed by atoms with Crippen LogP contribution in [0.4, 0.5) is 26.3 Å². The second kappa shape index (κ2) is 11.5. The Balaban J connectivity index is 1.28. The molecule has 0 amide bonds. The van der Waals surface area contributed by atoms with Gasteiger partial charge in [0.15, 0.2) is 11.6 Å². The van der Waals surface area contributed by atoms with Crippen molar-refractivity contribution in [1.29, 1.82) is 0 Å². The first kappa shape index (κ1) is 29.6. The molecule has 0 radical (unpaired) electrons. The van der Waals surface area contributed by atoms with Gasteiger partial charge in [-0.15, -0.1) is 11.3 Å². The zero-order valence-electron chi connectivity index (χ0n) is 22.4. The summed E-state index contributed by atoms with van der Waals surface area (Å²) in [6, 6.07) is 9.10. The van der Waals surface area contributed by atoms with Crippen molar-refractivity contribution in [2.24, 2.45) is 0 Å². The Hall–Kier alpha value is -4.50. The number of imidazole rings is 1. The van der Waals surface area contributed by atoms with E-state index in [1.165, 1.54) is 36.4 Å². The molecule has 2 aromatic carbocycles. The zero-order valence-corrected chi connectivity index (χ0v) is 23.2. The Morgan fingerprint density at radius 1 is 1.11 bits per heavy atom. The monoisotopic (exact) mass is 634 g/mol. The average molecular weight is 635 g/mol. The topological polar surface area (TPSA) is 99.4 Å². The molecule has 1 saturated heterocycles. The molecule has 1 atom stereocenters. The maximum Gasteiger partial charge on any atom is 0.427 e. The van der Waals surface area contributed by atoms with E-state index in [2.05, 4.69) is 15.0 Å². The van der Waals surface area contributed by atoms with Crippen LogP contribution < -0.4 is 4.74 Å². The van der Waals surface area contributed by atoms with Crippen molar-refractivity contribution in [3.63, 3.8) is 0 Å². The third-order valence-corrected chi connectivity index (χ3v) is 8.03. The Labute approximate surface area is 248 Å². The number of aromatic carboxylic acids is 1. The summed E-state index contributed by atoms with van der Waals surface area (Å²) in [7, 11) is 0. The van der Waals surface area contributed by atoms with Crippen LogP contribution in [0.3, 0.4) is 0 Å². The number of thiazole rings is 1. The van der Waals surface area contributed by atoms with Crippen molar-refractivity contribution in [2.75, 3.05) is 6.61 Å². The first-order valence-corrected chi connectivity index (χ1v) is 13.9. The zero-order chi connectivity index (χ0) is 31.2. The molecule has 1 N–H and O–H groups in total. The molecule has 4 heterocycles. The molecule has 0 spiro atoms. The fourth-order valence-corrected chi connectivity index (χ4v) is 5.40. The molecule has 1 aliphatic heterocycles. The molecule has 1 aliphatic rings. The van der Waals surface area contributed by atoms with Gasteiger partial charge in [-0.05, 0) is 36.8 Å². The number of fused-ring (bicyclic) bond motifs is 1. The molecule has 15 heteroatoms. The summed E-state index contributed by atoms with van der Waals surface area (Å²) in [5, 5.41) is 9.44. The number of benzene rings is 2. The van der Waals surface area contributed by atoms with Gasteiger partial charge in [0, 0.05) is 30.2 Å². The van der Waals surface area contributed by atoms with Crippen LogP contribution in [-0.2, 0) is 30.5 Å². The molecule has 0 bridgehead atoms. The molecule has 3 aromatic heterocycles. The van der Waals surface area contributed by atoms with Crippen LogP contribution in [0.1, 0.15) is 38.1 Å². The minimum absolute atomic E-state index is 0.00362. The normalized spacial score (nSPS) is 15.0. The van der Waals surface area contributed by atoms with E-state index in [4.69, 9.17) is 9.47 Å². The number of ether oxygens (including phenoxy) is 2. The summed E-state index contributed by atoms with van der Waals surface area (Å²) in [6.07, 6.45) is -3.77. The van der Waals surface area contributed by atoms with Crippen LogP contribution in [0.2, 0.25) is 0 Å². The lowest BCUT2D eigenvalue weighted by Crippen LogP contribution is -2.31. The Bertz CT molecular complexity index is 1890. The second-order valence-electron chi connectivity index (χ2n) is 9.88. The van der Waals surface area contributed by atoms with Crippen molar-refractivity contribution in [3.05, 3.63) is 92.9 Å². The van der Waals surface area contributed by atoms with E-state index in [-0.39, 0.29) is 47.2 Å². The predicted octanol–water partition coefficient (Wildman–Crippen LogP) is 6.65. The van der Waals surface area contributed by atoms with Gasteiger partial charge in [-0.25, -0.2) is 32.9 Å². The molecule has 0 saturated carbocycles. The summed E-state index contributed by atoms with van der Waals surface area (Å²) >= 11 is 0.392. The number of hydrogen-bond acceptors (Lipinski definition) is 7. The minimum atomic E-state index is -4.55. The number of carboxylic acid groups (broad SMARTS) is 1. The lowest BCUT2D eigenvalue weighted by Gasteiger charge is -2.27. The highest BCUT2D eigenvalue weighted by Crippen LogP contribution is 2.34. The molecule has 1 fully saturated rings. The quantitative estimate of drug-likeness (QED) is 0.143. The third-order valence-electron chi connectivity index (χ3n) is 7.02. The Morgan fingerprint density at radius 2 is 1.91 bits per heavy atom. The summed E-state index contributed by atoms with van der Waals surface area (Å²) in [4.78, 5) is 22.8. The Kier molecular flexibility index (Phi) is 7.75. The summed E-state index contributed by atoms with van der Waals surface area (Å²) < 4.78 is 97.3. The highest BCUT2D eigenvalue weighted by Gasteiger charge is 2.33. The van der Waals surface area contributed by atoms with Crippen molar-refractivity contribution in [2.45, 2.75) is 38.3 Å². The van der Waals surface area contributed by atoms with Gasteiger partial charge in [-0.1, -0.05) is 6.07 Å². The van der Waals surface area contributed by atoms with Gasteiger partial charge in [-0.2, -0.15) is 13.2 Å². The van der Waals surface area contributed by atoms with Gasteiger partial charge in [-0.3, -0.25) is 0 Å². The maximum absolute atomic E-state index is 15.4. The van der Waals surface area contributed by atoms with Gasteiger partial charge in [0.2, 0.25) is 5.88 Å². The van der Waals surface area contributed by atoms with Gasteiger partial charge in [0.05, 0.1) is 41.1 Å². The third kappa shape index (κ3) is 5.84. The van der Waals surface area contributed by atoms with E-state index in [0.717, 1.165) is 12.5 Å². The Morgan fingerprint density at radius 3 is 2.59 bits per heavy atom. The van der Waals surface area contributed by atoms with Crippen LogP contribution in [0, 0.1) is 17.5 Å². The van der Waals surface area contributed by atoms with Gasteiger partial charge < -0.3 is 19.1 Å². The van der Waals surface area contributed by atoms with E-state index in [1.54, 1.807) is 4.57 Å². The van der Waals surface area contributed by atoms with Crippen molar-refractivity contribution < 1.29 is 45.7 Å². The van der Waals surface area contributed by atoms with Crippen molar-refractivity contribution in [3.8, 4) is 17.1 Å². The molecule has 44 heavy (non-hydrogen) atoms. The molecule has 1 unspecified atom stereocenters. The van der Waals surface area contributed by atoms with Crippen LogP contribution in [0.25, 0.3) is 22.3 Å². The number of carboxylic acids is 1. The van der Waals surface area contributed by atoms with Crippen LogP contribution >= 0.6 is 11.3 Å². The van der Waals surface area contributed by atoms with Crippen molar-refractivity contribution in [1.82, 2.24) is 19.5 Å². The molecule has 6 rings (SSSR count). The molecule has 8 nitrogen and oxygen atoms in total. The van der Waals surface area contributed by atoms with E-state index >= 15 is 13.2 Å². The van der Waals surface area contributed by atoms with E-state index in [0.29, 0.717) is 35.2 Å². The molecule has 0 aliphatic carbocycles. The molecular weight excluding hydrogens is 614 g/mol. The number of carbonyl (C=O) groups is 1. The van der Waals surface area contributed by atoms with Crippen LogP contribution in [-0.4, -0.2) is 43.3 Å². The summed E-state index contributed by atoms with van der Waals surface area (Å²) in [6.45, 7) is 0.448. The summed E-state index contributed by atoms with van der Waals surface area (Å²) in [5.41, 5.74) is -0.422. The van der Waals surface area contributed by atoms with Crippen LogP contribution in [0.5, 0.6) is 5.88 Å². The summed E-state index contributed by atoms with van der Waals surface area (Å²) in [5.74, 6) is -4.99. The number of halogens is 6. The standard InChI is InChI=1S/C29H20F6N4O4S/c30-18-9-17(19-2-1-3-24(38-19)43-13-25-36-11-22(44-25)29(33,34)35)27(32)26(31)16(18)10-23-37-20-5-4-14(28(40)41)8-21(20)39(23)12-15-6-7-42-15/h1-5,8-9,11,15H,6-7,10,12-13H2,(H,40,41).